The van der Waals surface area contributed by atoms with Crippen molar-refractivity contribution in [3.63, 3.8) is 0 Å². The molecule has 2 aromatic carbocycles. The van der Waals surface area contributed by atoms with Crippen molar-refractivity contribution in [1.82, 2.24) is 4.98 Å². The van der Waals surface area contributed by atoms with Gasteiger partial charge in [0, 0.05) is 21.7 Å². The Hall–Kier alpha value is -2.79. The van der Waals surface area contributed by atoms with Gasteiger partial charge in [0.25, 0.3) is 11.5 Å². The minimum absolute atomic E-state index is 0.0950. The molecule has 0 fully saturated rings. The summed E-state index contributed by atoms with van der Waals surface area (Å²) in [6.45, 7) is 7.29. The number of hydrogen-bond acceptors (Lipinski definition) is 3. The molecule has 1 heterocycles. The van der Waals surface area contributed by atoms with Gasteiger partial charge in [-0.05, 0) is 69.2 Å². The van der Waals surface area contributed by atoms with E-state index in [4.69, 9.17) is 16.3 Å². The molecule has 0 aliphatic heterocycles. The average molecular weight is 399 g/mol. The summed E-state index contributed by atoms with van der Waals surface area (Å²) in [4.78, 5) is 27.9. The highest BCUT2D eigenvalue weighted by molar-refractivity contribution is 6.30. The fourth-order valence-electron chi connectivity index (χ4n) is 3.13. The lowest BCUT2D eigenvalue weighted by Crippen LogP contribution is -2.42. The molecule has 3 aromatic rings. The van der Waals surface area contributed by atoms with Gasteiger partial charge in [0.15, 0.2) is 5.60 Å². The summed E-state index contributed by atoms with van der Waals surface area (Å²) in [7, 11) is 0. The van der Waals surface area contributed by atoms with Gasteiger partial charge in [-0.15, -0.1) is 0 Å². The number of ether oxygens (including phenoxy) is 1. The van der Waals surface area contributed by atoms with E-state index in [9.17, 15) is 9.59 Å². The Morgan fingerprint density at radius 3 is 2.50 bits per heavy atom. The molecule has 0 aliphatic carbocycles. The van der Waals surface area contributed by atoms with Crippen LogP contribution in [0, 0.1) is 6.92 Å². The van der Waals surface area contributed by atoms with Crippen LogP contribution in [0.3, 0.4) is 0 Å². The minimum Gasteiger partial charge on any atom is -0.478 e. The molecule has 1 aromatic heterocycles. The topological polar surface area (TPSA) is 71.2 Å². The van der Waals surface area contributed by atoms with E-state index in [-0.39, 0.29) is 11.5 Å². The van der Waals surface area contributed by atoms with Crippen molar-refractivity contribution in [2.24, 2.45) is 0 Å². The number of carbonyl (C=O) groups excluding carboxylic acids is 1. The standard InChI is InChI=1S/C22H23ClN2O3/c1-5-17-13(2)18-11-8-15(12-19(18)25-20(17)26)24-21(27)22(3,4)28-16-9-6-14(23)7-10-16/h6-12H,5H2,1-4H3,(H,24,27)(H,25,26). The van der Waals surface area contributed by atoms with Crippen molar-refractivity contribution in [2.75, 3.05) is 5.32 Å². The summed E-state index contributed by atoms with van der Waals surface area (Å²) in [6.07, 6.45) is 0.672. The molecule has 0 unspecified atom stereocenters. The number of aromatic nitrogens is 1. The molecule has 5 nitrogen and oxygen atoms in total. The van der Waals surface area contributed by atoms with Gasteiger partial charge >= 0.3 is 0 Å². The zero-order chi connectivity index (χ0) is 20.5. The monoisotopic (exact) mass is 398 g/mol. The summed E-state index contributed by atoms with van der Waals surface area (Å²) in [5.41, 5.74) is 1.83. The van der Waals surface area contributed by atoms with Crippen molar-refractivity contribution in [1.29, 1.82) is 0 Å². The van der Waals surface area contributed by atoms with Crippen LogP contribution in [0.15, 0.2) is 47.3 Å². The molecule has 1 amide bonds. The Kier molecular flexibility index (Phi) is 5.47. The van der Waals surface area contributed by atoms with Crippen molar-refractivity contribution >= 4 is 34.1 Å². The van der Waals surface area contributed by atoms with Gasteiger partial charge in [-0.3, -0.25) is 9.59 Å². The molecular formula is C22H23ClN2O3. The second-order valence-corrected chi connectivity index (χ2v) is 7.63. The number of hydrogen-bond donors (Lipinski definition) is 2. The highest BCUT2D eigenvalue weighted by atomic mass is 35.5. The molecule has 0 saturated heterocycles. The molecular weight excluding hydrogens is 376 g/mol. The van der Waals surface area contributed by atoms with Gasteiger partial charge in [-0.2, -0.15) is 0 Å². The maximum absolute atomic E-state index is 12.7. The van der Waals surface area contributed by atoms with Crippen molar-refractivity contribution in [3.8, 4) is 5.75 Å². The lowest BCUT2D eigenvalue weighted by atomic mass is 10.0. The molecule has 3 rings (SSSR count). The molecule has 6 heteroatoms. The number of anilines is 1. The first-order chi connectivity index (χ1) is 13.2. The van der Waals surface area contributed by atoms with Crippen LogP contribution in [0.2, 0.25) is 5.02 Å². The van der Waals surface area contributed by atoms with Crippen LogP contribution in [0.1, 0.15) is 31.9 Å². The smallest absolute Gasteiger partial charge is 0.267 e. The first-order valence-electron chi connectivity index (χ1n) is 9.13. The average Bonchev–Trinajstić information content (AvgIpc) is 2.63. The van der Waals surface area contributed by atoms with Crippen molar-refractivity contribution in [2.45, 2.75) is 39.7 Å². The lowest BCUT2D eigenvalue weighted by Gasteiger charge is -2.25. The lowest BCUT2D eigenvalue weighted by molar-refractivity contribution is -0.128. The summed E-state index contributed by atoms with van der Waals surface area (Å²) in [6, 6.07) is 12.3. The molecule has 2 N–H and O–H groups in total. The number of H-pyrrole nitrogens is 1. The van der Waals surface area contributed by atoms with E-state index in [0.717, 1.165) is 16.5 Å². The van der Waals surface area contributed by atoms with Gasteiger partial charge in [0.1, 0.15) is 5.75 Å². The third kappa shape index (κ3) is 4.04. The van der Waals surface area contributed by atoms with E-state index in [1.54, 1.807) is 44.2 Å². The number of aromatic amines is 1. The van der Waals surface area contributed by atoms with Crippen LogP contribution in [0.5, 0.6) is 5.75 Å². The number of nitrogens with one attached hydrogen (secondary N) is 2. The number of aryl methyl sites for hydroxylation is 1. The molecule has 146 valence electrons. The van der Waals surface area contributed by atoms with Gasteiger partial charge in [0.2, 0.25) is 0 Å². The Morgan fingerprint density at radius 1 is 1.18 bits per heavy atom. The summed E-state index contributed by atoms with van der Waals surface area (Å²) in [5.74, 6) is 0.251. The Morgan fingerprint density at radius 2 is 1.86 bits per heavy atom. The number of amides is 1. The fraction of sp³-hybridized carbons (Fsp3) is 0.273. The zero-order valence-corrected chi connectivity index (χ0v) is 17.1. The van der Waals surface area contributed by atoms with Gasteiger partial charge in [-0.1, -0.05) is 24.6 Å². The highest BCUT2D eigenvalue weighted by Gasteiger charge is 2.30. The van der Waals surface area contributed by atoms with Gasteiger partial charge < -0.3 is 15.0 Å². The summed E-state index contributed by atoms with van der Waals surface area (Å²) < 4.78 is 5.82. The first-order valence-corrected chi connectivity index (χ1v) is 9.50. The van der Waals surface area contributed by atoms with Crippen LogP contribution in [0.4, 0.5) is 5.69 Å². The first kappa shape index (κ1) is 20.0. The molecule has 0 spiro atoms. The van der Waals surface area contributed by atoms with E-state index in [2.05, 4.69) is 10.3 Å². The number of rotatable bonds is 5. The third-order valence-corrected chi connectivity index (χ3v) is 5.00. The maximum atomic E-state index is 12.7. The largest absolute Gasteiger partial charge is 0.478 e. The zero-order valence-electron chi connectivity index (χ0n) is 16.4. The Balaban J connectivity index is 1.83. The molecule has 0 atom stereocenters. The van der Waals surface area contributed by atoms with Crippen LogP contribution in [-0.2, 0) is 11.2 Å². The Labute approximate surface area is 168 Å². The van der Waals surface area contributed by atoms with Crippen molar-refractivity contribution < 1.29 is 9.53 Å². The number of halogens is 1. The second-order valence-electron chi connectivity index (χ2n) is 7.19. The quantitative estimate of drug-likeness (QED) is 0.645. The van der Waals surface area contributed by atoms with Crippen molar-refractivity contribution in [3.05, 3.63) is 69.0 Å². The molecule has 0 saturated carbocycles. The van der Waals surface area contributed by atoms with Crippen LogP contribution in [-0.4, -0.2) is 16.5 Å². The number of benzene rings is 2. The fourth-order valence-corrected chi connectivity index (χ4v) is 3.26. The number of carbonyl (C=O) groups is 1. The molecule has 28 heavy (non-hydrogen) atoms. The predicted octanol–water partition coefficient (Wildman–Crippen LogP) is 4.85. The minimum atomic E-state index is -1.10. The summed E-state index contributed by atoms with van der Waals surface area (Å²) in [5, 5.41) is 4.42. The van der Waals surface area contributed by atoms with Gasteiger partial charge in [-0.25, -0.2) is 0 Å². The molecule has 0 radical (unpaired) electrons. The number of pyridine rings is 1. The van der Waals surface area contributed by atoms with Crippen LogP contribution >= 0.6 is 11.6 Å². The van der Waals surface area contributed by atoms with Gasteiger partial charge in [0.05, 0.1) is 5.52 Å². The summed E-state index contributed by atoms with van der Waals surface area (Å²) >= 11 is 5.88. The van der Waals surface area contributed by atoms with E-state index < -0.39 is 5.60 Å². The predicted molar refractivity (Wildman–Crippen MR) is 113 cm³/mol. The molecule has 0 aliphatic rings. The van der Waals surface area contributed by atoms with E-state index in [1.807, 2.05) is 26.0 Å². The third-order valence-electron chi connectivity index (χ3n) is 4.74. The van der Waals surface area contributed by atoms with Crippen LogP contribution in [0.25, 0.3) is 10.9 Å². The van der Waals surface area contributed by atoms with Crippen LogP contribution < -0.4 is 15.6 Å². The van der Waals surface area contributed by atoms with E-state index in [1.165, 1.54) is 0 Å². The number of fused-ring (bicyclic) bond motifs is 1. The highest BCUT2D eigenvalue weighted by Crippen LogP contribution is 2.24. The second kappa shape index (κ2) is 7.68. The SMILES string of the molecule is CCc1c(C)c2ccc(NC(=O)C(C)(C)Oc3ccc(Cl)cc3)cc2[nH]c1=O. The van der Waals surface area contributed by atoms with E-state index >= 15 is 0 Å². The molecule has 0 bridgehead atoms. The normalized spacial score (nSPS) is 11.5. The Bertz CT molecular complexity index is 1090. The maximum Gasteiger partial charge on any atom is 0.267 e. The van der Waals surface area contributed by atoms with E-state index in [0.29, 0.717) is 28.4 Å².